The van der Waals surface area contributed by atoms with E-state index in [0.717, 1.165) is 38.5 Å². The first kappa shape index (κ1) is 48.0. The zero-order valence-corrected chi connectivity index (χ0v) is 45.9. The zero-order chi connectivity index (χ0) is 53.7. The van der Waals surface area contributed by atoms with Gasteiger partial charge in [0.25, 0.3) is 0 Å². The molecule has 0 aliphatic heterocycles. The van der Waals surface area contributed by atoms with Gasteiger partial charge in [0.1, 0.15) is 0 Å². The second-order valence-electron chi connectivity index (χ2n) is 20.7. The van der Waals surface area contributed by atoms with Crippen LogP contribution in [0.15, 0.2) is 303 Å². The smallest absolute Gasteiger partial charge is 0.238 e. The summed E-state index contributed by atoms with van der Waals surface area (Å²) in [6.45, 7) is 0. The Bertz CT molecular complexity index is 4620. The number of hydrogen-bond acceptors (Lipinski definition) is 4. The SMILES string of the molecule is c1ccc(-c2cccc([Si](c3cccc(-c4ccccc4)c3)(c3cccc(-c4ccccc4)c3)c3cccc(-c4nc(-c5ccc6sc7ccccc7c6c5)nc(-n5c6ccccc6c6cc(-c7ccccc7)ccc65)n4)c3)c2)cc1. The Balaban J connectivity index is 1.00. The van der Waals surface area contributed by atoms with E-state index in [-0.39, 0.29) is 0 Å². The van der Waals surface area contributed by atoms with Crippen molar-refractivity contribution >= 4 is 82.1 Å². The molecule has 3 aromatic heterocycles. The molecule has 81 heavy (non-hydrogen) atoms. The van der Waals surface area contributed by atoms with Crippen LogP contribution in [0.3, 0.4) is 0 Å². The lowest BCUT2D eigenvalue weighted by Crippen LogP contribution is -2.74. The molecule has 6 heteroatoms. The van der Waals surface area contributed by atoms with Crippen LogP contribution in [0.25, 0.3) is 115 Å². The summed E-state index contributed by atoms with van der Waals surface area (Å²) >= 11 is 1.81. The van der Waals surface area contributed by atoms with E-state index in [1.165, 1.54) is 79.9 Å². The summed E-state index contributed by atoms with van der Waals surface area (Å²) in [6.07, 6.45) is 0. The van der Waals surface area contributed by atoms with E-state index in [1.807, 2.05) is 11.3 Å². The Morgan fingerprint density at radius 1 is 0.247 bits per heavy atom. The van der Waals surface area contributed by atoms with Crippen molar-refractivity contribution in [2.24, 2.45) is 0 Å². The van der Waals surface area contributed by atoms with Crippen LogP contribution in [0.4, 0.5) is 0 Å². The lowest BCUT2D eigenvalue weighted by molar-refractivity contribution is 0.954. The average molecular weight is 1070 g/mol. The molecule has 4 nitrogen and oxygen atoms in total. The molecule has 0 atom stereocenters. The summed E-state index contributed by atoms with van der Waals surface area (Å²) in [7, 11) is -3.33. The third kappa shape index (κ3) is 8.57. The van der Waals surface area contributed by atoms with Crippen LogP contribution in [-0.4, -0.2) is 27.6 Å². The van der Waals surface area contributed by atoms with E-state index in [2.05, 4.69) is 308 Å². The summed E-state index contributed by atoms with van der Waals surface area (Å²) in [4.78, 5) is 16.7. The largest absolute Gasteiger partial charge is 0.278 e. The third-order valence-electron chi connectivity index (χ3n) is 16.0. The third-order valence-corrected chi connectivity index (χ3v) is 21.9. The molecular weight excluding hydrogens is 1020 g/mol. The van der Waals surface area contributed by atoms with Crippen LogP contribution in [0, 0.1) is 0 Å². The van der Waals surface area contributed by atoms with E-state index in [1.54, 1.807) is 0 Å². The summed E-state index contributed by atoms with van der Waals surface area (Å²) in [6, 6.07) is 111. The molecule has 0 aliphatic rings. The molecule has 0 saturated carbocycles. The summed E-state index contributed by atoms with van der Waals surface area (Å²) in [5.74, 6) is 1.75. The summed E-state index contributed by atoms with van der Waals surface area (Å²) < 4.78 is 4.71. The van der Waals surface area contributed by atoms with Crippen molar-refractivity contribution in [2.45, 2.75) is 0 Å². The molecular formula is C75H50N4SSi. The van der Waals surface area contributed by atoms with Crippen molar-refractivity contribution < 1.29 is 0 Å². The Morgan fingerprint density at radius 2 is 0.617 bits per heavy atom. The first-order valence-electron chi connectivity index (χ1n) is 27.5. The summed E-state index contributed by atoms with van der Waals surface area (Å²) in [5.41, 5.74) is 13.2. The molecule has 0 unspecified atom stereocenters. The van der Waals surface area contributed by atoms with Gasteiger partial charge in [-0.15, -0.1) is 11.3 Å². The minimum atomic E-state index is -3.33. The first-order valence-corrected chi connectivity index (χ1v) is 30.3. The molecule has 0 bridgehead atoms. The van der Waals surface area contributed by atoms with Gasteiger partial charge in [-0.2, -0.15) is 9.97 Å². The molecule has 0 amide bonds. The highest BCUT2D eigenvalue weighted by Crippen LogP contribution is 2.38. The second-order valence-corrected chi connectivity index (χ2v) is 25.6. The molecule has 380 valence electrons. The topological polar surface area (TPSA) is 43.6 Å². The fourth-order valence-electron chi connectivity index (χ4n) is 12.2. The number of rotatable bonds is 11. The van der Waals surface area contributed by atoms with E-state index >= 15 is 0 Å². The normalized spacial score (nSPS) is 11.7. The summed E-state index contributed by atoms with van der Waals surface area (Å²) in [5, 5.41) is 9.69. The maximum Gasteiger partial charge on any atom is 0.238 e. The predicted octanol–water partition coefficient (Wildman–Crippen LogP) is 16.7. The van der Waals surface area contributed by atoms with E-state index < -0.39 is 8.07 Å². The number of thiophene rings is 1. The fourth-order valence-corrected chi connectivity index (χ4v) is 18.1. The van der Waals surface area contributed by atoms with Gasteiger partial charge in [-0.05, 0) is 108 Å². The highest BCUT2D eigenvalue weighted by molar-refractivity contribution is 7.25. The molecule has 0 fully saturated rings. The van der Waals surface area contributed by atoms with Gasteiger partial charge >= 0.3 is 0 Å². The van der Waals surface area contributed by atoms with Crippen LogP contribution in [0.1, 0.15) is 0 Å². The van der Waals surface area contributed by atoms with Gasteiger partial charge in [-0.3, -0.25) is 4.57 Å². The number of benzene rings is 12. The Kier molecular flexibility index (Phi) is 12.0. The minimum Gasteiger partial charge on any atom is -0.278 e. The quantitative estimate of drug-likeness (QED) is 0.0958. The molecule has 15 rings (SSSR count). The second kappa shape index (κ2) is 20.3. The molecule has 0 spiro atoms. The van der Waals surface area contributed by atoms with Gasteiger partial charge in [0.15, 0.2) is 19.7 Å². The number of hydrogen-bond donors (Lipinski definition) is 0. The molecule has 0 N–H and O–H groups in total. The predicted molar refractivity (Wildman–Crippen MR) is 343 cm³/mol. The van der Waals surface area contributed by atoms with E-state index in [4.69, 9.17) is 15.0 Å². The molecule has 0 saturated heterocycles. The molecule has 0 radical (unpaired) electrons. The Labute approximate surface area is 475 Å². The highest BCUT2D eigenvalue weighted by atomic mass is 32.1. The number of aromatic nitrogens is 4. The van der Waals surface area contributed by atoms with Gasteiger partial charge in [-0.25, -0.2) is 4.98 Å². The lowest BCUT2D eigenvalue weighted by Gasteiger charge is -2.35. The van der Waals surface area contributed by atoms with Crippen molar-refractivity contribution in [2.75, 3.05) is 0 Å². The van der Waals surface area contributed by atoms with Crippen LogP contribution >= 0.6 is 11.3 Å². The van der Waals surface area contributed by atoms with Crippen LogP contribution in [-0.2, 0) is 0 Å². The van der Waals surface area contributed by atoms with E-state index in [9.17, 15) is 0 Å². The van der Waals surface area contributed by atoms with Gasteiger partial charge in [0.2, 0.25) is 5.95 Å². The molecule has 15 aromatic rings. The first-order chi connectivity index (χ1) is 40.1. The van der Waals surface area contributed by atoms with Crippen LogP contribution < -0.4 is 20.7 Å². The van der Waals surface area contributed by atoms with Crippen LogP contribution in [0.2, 0.25) is 0 Å². The number of para-hydroxylation sites is 1. The van der Waals surface area contributed by atoms with Gasteiger partial charge < -0.3 is 0 Å². The fraction of sp³-hybridized carbons (Fsp3) is 0. The molecule has 12 aromatic carbocycles. The minimum absolute atomic E-state index is 0.555. The molecule has 3 heterocycles. The van der Waals surface area contributed by atoms with Gasteiger partial charge in [0, 0.05) is 42.1 Å². The van der Waals surface area contributed by atoms with Gasteiger partial charge in [-0.1, -0.05) is 261 Å². The maximum absolute atomic E-state index is 5.62. The molecule has 0 aliphatic carbocycles. The van der Waals surface area contributed by atoms with E-state index in [0.29, 0.717) is 17.6 Å². The van der Waals surface area contributed by atoms with Crippen molar-refractivity contribution in [3.63, 3.8) is 0 Å². The highest BCUT2D eigenvalue weighted by Gasteiger charge is 2.42. The average Bonchev–Trinajstić information content (AvgIpc) is 4.23. The zero-order valence-electron chi connectivity index (χ0n) is 44.1. The maximum atomic E-state index is 5.62. The van der Waals surface area contributed by atoms with Crippen molar-refractivity contribution in [3.05, 3.63) is 303 Å². The Morgan fingerprint density at radius 3 is 1.15 bits per heavy atom. The van der Waals surface area contributed by atoms with Crippen molar-refractivity contribution in [3.8, 4) is 73.2 Å². The Hall–Kier alpha value is -10.1. The number of nitrogens with zero attached hydrogens (tertiary/aromatic N) is 4. The number of fused-ring (bicyclic) bond motifs is 6. The van der Waals surface area contributed by atoms with Gasteiger partial charge in [0.05, 0.1) is 11.0 Å². The van der Waals surface area contributed by atoms with Crippen molar-refractivity contribution in [1.82, 2.24) is 19.5 Å². The monoisotopic (exact) mass is 1070 g/mol. The van der Waals surface area contributed by atoms with Crippen molar-refractivity contribution in [1.29, 1.82) is 0 Å². The standard InChI is InChI=1S/C75H50N4SSi/c1-5-21-51(22-6-1)55-29-17-33-61(45-55)81(62-34-18-30-56(46-62)52-23-7-2-8-24-52,63-35-19-31-57(47-63)53-25-9-3-10-26-53)64-36-20-32-59(48-64)73-76-74(60-42-44-72-68(50-60)66-38-14-16-40-71(66)80-72)78-75(77-73)79-69-39-15-13-37-65(69)67-49-58(41-43-70(67)79)54-27-11-4-12-28-54/h1-50H. The van der Waals surface area contributed by atoms with Crippen LogP contribution in [0.5, 0.6) is 0 Å². The lowest BCUT2D eigenvalue weighted by atomic mass is 10.0.